The molecule has 0 unspecified atom stereocenters. The molecule has 37 heavy (non-hydrogen) atoms. The fraction of sp³-hybridized carbons (Fsp3) is 0.269. The molecule has 0 aliphatic carbocycles. The number of furan rings is 1. The Kier molecular flexibility index (Phi) is 7.63. The van der Waals surface area contributed by atoms with Crippen LogP contribution in [0.25, 0.3) is 0 Å². The highest BCUT2D eigenvalue weighted by molar-refractivity contribution is 7.89. The minimum Gasteiger partial charge on any atom is -0.497 e. The zero-order valence-electron chi connectivity index (χ0n) is 20.5. The van der Waals surface area contributed by atoms with Crippen molar-refractivity contribution in [3.63, 3.8) is 0 Å². The zero-order chi connectivity index (χ0) is 26.6. The molecule has 0 N–H and O–H groups in total. The Labute approximate surface area is 215 Å². The number of methoxy groups -OCH3 is 1. The lowest BCUT2D eigenvalue weighted by Crippen LogP contribution is -2.55. The fourth-order valence-electron chi connectivity index (χ4n) is 3.91. The first-order valence-corrected chi connectivity index (χ1v) is 13.0. The van der Waals surface area contributed by atoms with Crippen molar-refractivity contribution in [3.8, 4) is 5.75 Å². The van der Waals surface area contributed by atoms with E-state index in [4.69, 9.17) is 9.15 Å². The highest BCUT2D eigenvalue weighted by atomic mass is 32.2. The van der Waals surface area contributed by atoms with Crippen LogP contribution in [0.1, 0.15) is 26.5 Å². The van der Waals surface area contributed by atoms with E-state index in [0.29, 0.717) is 10.1 Å². The maximum atomic E-state index is 13.6. The summed E-state index contributed by atoms with van der Waals surface area (Å²) in [6, 6.07) is 14.6. The number of aryl methyl sites for hydroxylation is 1. The van der Waals surface area contributed by atoms with E-state index < -0.39 is 28.4 Å². The van der Waals surface area contributed by atoms with Gasteiger partial charge in [-0.25, -0.2) is 17.5 Å². The second-order valence-electron chi connectivity index (χ2n) is 8.52. The molecule has 0 atom stereocenters. The molecule has 1 aliphatic heterocycles. The molecule has 1 saturated heterocycles. The minimum absolute atomic E-state index is 0.0967. The molecule has 1 fully saturated rings. The van der Waals surface area contributed by atoms with Gasteiger partial charge in [-0.05, 0) is 55.5 Å². The summed E-state index contributed by atoms with van der Waals surface area (Å²) in [6.45, 7) is 1.72. The monoisotopic (exact) mass is 525 g/mol. The first-order valence-electron chi connectivity index (χ1n) is 11.6. The maximum absolute atomic E-state index is 13.6. The number of ketones is 1. The Morgan fingerprint density at radius 2 is 1.54 bits per heavy atom. The Balaban J connectivity index is 1.56. The number of benzene rings is 2. The molecular weight excluding hydrogens is 498 g/mol. The van der Waals surface area contributed by atoms with Gasteiger partial charge in [0.1, 0.15) is 12.3 Å². The van der Waals surface area contributed by atoms with Crippen molar-refractivity contribution in [2.45, 2.75) is 11.8 Å². The minimum atomic E-state index is -4.35. The number of hydrogen-bond acceptors (Lipinski definition) is 7. The molecule has 0 radical (unpaired) electrons. The third-order valence-corrected chi connectivity index (χ3v) is 7.82. The van der Waals surface area contributed by atoms with Crippen molar-refractivity contribution in [3.05, 3.63) is 83.8 Å². The Morgan fingerprint density at radius 1 is 0.919 bits per heavy atom. The summed E-state index contributed by atoms with van der Waals surface area (Å²) in [5.41, 5.74) is 1.09. The molecule has 3 aromatic rings. The van der Waals surface area contributed by atoms with Crippen molar-refractivity contribution in [2.75, 3.05) is 39.8 Å². The number of ether oxygens (including phenoxy) is 1. The molecule has 1 aliphatic rings. The Bertz CT molecular complexity index is 1360. The van der Waals surface area contributed by atoms with E-state index in [9.17, 15) is 22.8 Å². The quantitative estimate of drug-likeness (QED) is 0.435. The third-order valence-electron chi connectivity index (χ3n) is 6.09. The third kappa shape index (κ3) is 5.67. The lowest BCUT2D eigenvalue weighted by atomic mass is 10.1. The Hall–Kier alpha value is -4.12. The largest absolute Gasteiger partial charge is 0.497 e. The molecule has 0 bridgehead atoms. The van der Waals surface area contributed by atoms with Gasteiger partial charge in [0.05, 0.1) is 18.3 Å². The molecule has 2 aromatic carbocycles. The Morgan fingerprint density at radius 3 is 2.11 bits per heavy atom. The van der Waals surface area contributed by atoms with Crippen molar-refractivity contribution in [1.82, 2.24) is 14.1 Å². The van der Waals surface area contributed by atoms with E-state index in [0.717, 1.165) is 5.56 Å². The molecule has 2 heterocycles. The molecule has 3 amide bonds. The van der Waals surface area contributed by atoms with E-state index in [1.165, 1.54) is 47.4 Å². The summed E-state index contributed by atoms with van der Waals surface area (Å²) in [6.07, 6.45) is 1.40. The topological polar surface area (TPSA) is 117 Å². The number of sulfonamides is 1. The average molecular weight is 526 g/mol. The molecule has 4 rings (SSSR count). The van der Waals surface area contributed by atoms with E-state index in [2.05, 4.69) is 0 Å². The van der Waals surface area contributed by atoms with Crippen LogP contribution in [0, 0.1) is 6.92 Å². The van der Waals surface area contributed by atoms with Gasteiger partial charge in [0.25, 0.3) is 15.9 Å². The summed E-state index contributed by atoms with van der Waals surface area (Å²) >= 11 is 0. The zero-order valence-corrected chi connectivity index (χ0v) is 21.3. The van der Waals surface area contributed by atoms with Crippen LogP contribution in [0.5, 0.6) is 5.75 Å². The van der Waals surface area contributed by atoms with Crippen LogP contribution < -0.4 is 4.74 Å². The van der Waals surface area contributed by atoms with Gasteiger partial charge in [0.2, 0.25) is 0 Å². The highest BCUT2D eigenvalue weighted by Crippen LogP contribution is 2.21. The van der Waals surface area contributed by atoms with E-state index >= 15 is 0 Å². The number of nitrogens with zero attached hydrogens (tertiary/aromatic N) is 3. The number of carbonyl (C=O) groups is 3. The van der Waals surface area contributed by atoms with Gasteiger partial charge in [-0.1, -0.05) is 17.7 Å². The van der Waals surface area contributed by atoms with E-state index in [1.807, 2.05) is 6.92 Å². The lowest BCUT2D eigenvalue weighted by Gasteiger charge is -2.36. The van der Waals surface area contributed by atoms with Crippen LogP contribution in [-0.4, -0.2) is 80.1 Å². The molecule has 10 nitrogen and oxygen atoms in total. The summed E-state index contributed by atoms with van der Waals surface area (Å²) in [5, 5.41) is 0. The fourth-order valence-corrected chi connectivity index (χ4v) is 5.25. The average Bonchev–Trinajstić information content (AvgIpc) is 3.46. The highest BCUT2D eigenvalue weighted by Gasteiger charge is 2.36. The molecular formula is C26H27N3O7S. The molecule has 11 heteroatoms. The predicted octanol–water partition coefficient (Wildman–Crippen LogP) is 3.05. The van der Waals surface area contributed by atoms with Crippen LogP contribution in [0.2, 0.25) is 0 Å². The van der Waals surface area contributed by atoms with Gasteiger partial charge in [-0.3, -0.25) is 9.59 Å². The number of carbonyl (C=O) groups excluding carboxylic acids is 3. The summed E-state index contributed by atoms with van der Waals surface area (Å²) < 4.78 is 38.0. The van der Waals surface area contributed by atoms with E-state index in [1.54, 1.807) is 36.4 Å². The number of Topliss-reactive ketones (excluding diaryl/α,β-unsaturated/α-hetero) is 1. The first kappa shape index (κ1) is 26.0. The number of amides is 3. The maximum Gasteiger partial charge on any atom is 0.334 e. The van der Waals surface area contributed by atoms with E-state index in [-0.39, 0.29) is 48.3 Å². The molecule has 1 aromatic heterocycles. The molecule has 0 saturated carbocycles. The number of urea groups is 1. The number of hydrogen-bond donors (Lipinski definition) is 0. The van der Waals surface area contributed by atoms with Gasteiger partial charge < -0.3 is 19.0 Å². The van der Waals surface area contributed by atoms with Crippen molar-refractivity contribution >= 4 is 27.7 Å². The summed E-state index contributed by atoms with van der Waals surface area (Å²) in [7, 11) is -2.85. The number of rotatable bonds is 7. The van der Waals surface area contributed by atoms with Crippen LogP contribution >= 0.6 is 0 Å². The van der Waals surface area contributed by atoms with Gasteiger partial charge in [-0.15, -0.1) is 0 Å². The standard InChI is InChI=1S/C26H27N3O7S/c1-19-5-11-22(12-6-19)37(33,34)29(18-23(30)20-7-9-21(35-2)10-8-20)26(32)28-15-13-27(14-16-28)25(31)24-4-3-17-36-24/h3-12,17H,13-16,18H2,1-2H3. The van der Waals surface area contributed by atoms with Crippen LogP contribution in [0.4, 0.5) is 4.79 Å². The van der Waals surface area contributed by atoms with Crippen molar-refractivity contribution < 1.29 is 32.0 Å². The van der Waals surface area contributed by atoms with Crippen LogP contribution in [-0.2, 0) is 10.0 Å². The summed E-state index contributed by atoms with van der Waals surface area (Å²) in [5.74, 6) is -0.124. The predicted molar refractivity (Wildman–Crippen MR) is 134 cm³/mol. The summed E-state index contributed by atoms with van der Waals surface area (Å²) in [4.78, 5) is 41.9. The number of piperazine rings is 1. The molecule has 194 valence electrons. The van der Waals surface area contributed by atoms with Gasteiger partial charge in [-0.2, -0.15) is 0 Å². The van der Waals surface area contributed by atoms with Crippen molar-refractivity contribution in [1.29, 1.82) is 0 Å². The normalized spacial score (nSPS) is 13.8. The molecule has 0 spiro atoms. The smallest absolute Gasteiger partial charge is 0.334 e. The van der Waals surface area contributed by atoms with Gasteiger partial charge in [0, 0.05) is 31.7 Å². The van der Waals surface area contributed by atoms with Crippen molar-refractivity contribution in [2.24, 2.45) is 0 Å². The van der Waals surface area contributed by atoms with Crippen LogP contribution in [0.15, 0.2) is 76.2 Å². The second-order valence-corrected chi connectivity index (χ2v) is 10.4. The first-order chi connectivity index (χ1) is 17.7. The lowest BCUT2D eigenvalue weighted by molar-refractivity contribution is 0.0623. The SMILES string of the molecule is COc1ccc(C(=O)CN(C(=O)N2CCN(C(=O)c3ccco3)CC2)S(=O)(=O)c2ccc(C)cc2)cc1. The van der Waals surface area contributed by atoms with Crippen LogP contribution in [0.3, 0.4) is 0 Å². The van der Waals surface area contributed by atoms with Gasteiger partial charge >= 0.3 is 6.03 Å². The second kappa shape index (κ2) is 10.9. The van der Waals surface area contributed by atoms with Gasteiger partial charge in [0.15, 0.2) is 11.5 Å².